The van der Waals surface area contributed by atoms with Crippen LogP contribution in [-0.2, 0) is 4.84 Å². The molecule has 0 spiro atoms. The molecule has 1 aromatic carbocycles. The highest BCUT2D eigenvalue weighted by molar-refractivity contribution is 5.99. The molecule has 7 heteroatoms. The Morgan fingerprint density at radius 3 is 2.69 bits per heavy atom. The number of nitro benzene ring substituents is 1. The van der Waals surface area contributed by atoms with Crippen molar-refractivity contribution in [3.8, 4) is 0 Å². The van der Waals surface area contributed by atoms with Crippen LogP contribution in [0.1, 0.15) is 10.4 Å². The highest BCUT2D eigenvalue weighted by Gasteiger charge is 2.18. The van der Waals surface area contributed by atoms with E-state index in [2.05, 4.69) is 4.84 Å². The summed E-state index contributed by atoms with van der Waals surface area (Å²) >= 11 is 0. The molecule has 86 valence electrons. The summed E-state index contributed by atoms with van der Waals surface area (Å²) in [6, 6.07) is 3.67. The van der Waals surface area contributed by atoms with Crippen LogP contribution in [0.5, 0.6) is 0 Å². The van der Waals surface area contributed by atoms with Gasteiger partial charge in [0.2, 0.25) is 0 Å². The number of hydrogen-bond donors (Lipinski definition) is 1. The Morgan fingerprint density at radius 1 is 1.56 bits per heavy atom. The molecule has 2 N–H and O–H groups in total. The first-order valence-corrected chi connectivity index (χ1v) is 4.33. The lowest BCUT2D eigenvalue weighted by molar-refractivity contribution is -0.384. The topological polar surface area (TPSA) is 98.7 Å². The zero-order chi connectivity index (χ0) is 12.3. The summed E-state index contributed by atoms with van der Waals surface area (Å²) in [6.07, 6.45) is 0. The molecule has 0 aromatic heterocycles. The maximum atomic E-state index is 11.7. The number of nitrogens with zero attached hydrogens (tertiary/aromatic N) is 2. The van der Waals surface area contributed by atoms with Gasteiger partial charge < -0.3 is 5.73 Å². The van der Waals surface area contributed by atoms with E-state index in [-0.39, 0.29) is 16.9 Å². The van der Waals surface area contributed by atoms with Gasteiger partial charge in [-0.2, -0.15) is 0 Å². The number of hydrogen-bond acceptors (Lipinski definition) is 5. The number of carbonyl (C=O) groups excluding carboxylic acids is 1. The Labute approximate surface area is 91.5 Å². The van der Waals surface area contributed by atoms with E-state index in [1.54, 1.807) is 0 Å². The highest BCUT2D eigenvalue weighted by Crippen LogP contribution is 2.20. The van der Waals surface area contributed by atoms with Crippen molar-refractivity contribution in [2.45, 2.75) is 0 Å². The molecule has 0 bridgehead atoms. The average molecular weight is 225 g/mol. The van der Waals surface area contributed by atoms with Crippen molar-refractivity contribution in [3.63, 3.8) is 0 Å². The van der Waals surface area contributed by atoms with E-state index >= 15 is 0 Å². The summed E-state index contributed by atoms with van der Waals surface area (Å²) < 4.78 is 0. The molecular weight excluding hydrogens is 214 g/mol. The van der Waals surface area contributed by atoms with Crippen molar-refractivity contribution in [2.75, 3.05) is 19.9 Å². The monoisotopic (exact) mass is 225 g/mol. The maximum Gasteiger partial charge on any atom is 0.279 e. The van der Waals surface area contributed by atoms with Gasteiger partial charge in [0.1, 0.15) is 0 Å². The molecule has 0 saturated carbocycles. The first-order chi connectivity index (χ1) is 7.47. The third-order valence-electron chi connectivity index (χ3n) is 2.04. The van der Waals surface area contributed by atoms with Crippen molar-refractivity contribution < 1.29 is 14.6 Å². The Bertz CT molecular complexity index is 433. The molecule has 0 radical (unpaired) electrons. The SMILES string of the molecule is CON(C)C(=O)c1cc([N+](=O)[O-])ccc1N. The summed E-state index contributed by atoms with van der Waals surface area (Å²) in [5.74, 6) is -0.538. The molecule has 7 nitrogen and oxygen atoms in total. The first-order valence-electron chi connectivity index (χ1n) is 4.33. The van der Waals surface area contributed by atoms with Crippen molar-refractivity contribution in [1.29, 1.82) is 0 Å². The van der Waals surface area contributed by atoms with Crippen LogP contribution in [-0.4, -0.2) is 30.1 Å². The Hall–Kier alpha value is -2.15. The molecule has 0 unspecified atom stereocenters. The van der Waals surface area contributed by atoms with Crippen LogP contribution in [0.3, 0.4) is 0 Å². The molecule has 0 saturated heterocycles. The summed E-state index contributed by atoms with van der Waals surface area (Å²) in [6.45, 7) is 0. The fourth-order valence-electron chi connectivity index (χ4n) is 1.10. The van der Waals surface area contributed by atoms with E-state index in [1.807, 2.05) is 0 Å². The van der Waals surface area contributed by atoms with Crippen molar-refractivity contribution in [2.24, 2.45) is 0 Å². The Balaban J connectivity index is 3.17. The highest BCUT2D eigenvalue weighted by atomic mass is 16.7. The fourth-order valence-corrected chi connectivity index (χ4v) is 1.10. The van der Waals surface area contributed by atoms with Gasteiger partial charge in [0.25, 0.3) is 11.6 Å². The van der Waals surface area contributed by atoms with E-state index in [1.165, 1.54) is 26.3 Å². The van der Waals surface area contributed by atoms with E-state index in [4.69, 9.17) is 5.73 Å². The van der Waals surface area contributed by atoms with Gasteiger partial charge in [-0.05, 0) is 6.07 Å². The predicted molar refractivity (Wildman–Crippen MR) is 56.6 cm³/mol. The minimum absolute atomic E-state index is 0.0403. The number of hydroxylamine groups is 2. The third kappa shape index (κ3) is 2.26. The van der Waals surface area contributed by atoms with Gasteiger partial charge >= 0.3 is 0 Å². The number of rotatable bonds is 3. The average Bonchev–Trinajstić information content (AvgIpc) is 2.27. The molecule has 1 aromatic rings. The normalized spacial score (nSPS) is 9.88. The number of nitrogens with two attached hydrogens (primary N) is 1. The Kier molecular flexibility index (Phi) is 3.41. The zero-order valence-electron chi connectivity index (χ0n) is 8.84. The summed E-state index contributed by atoms with van der Waals surface area (Å²) in [4.78, 5) is 26.3. The van der Waals surface area contributed by atoms with Gasteiger partial charge in [-0.3, -0.25) is 19.7 Å². The second kappa shape index (κ2) is 4.58. The third-order valence-corrected chi connectivity index (χ3v) is 2.04. The van der Waals surface area contributed by atoms with Crippen LogP contribution in [0.2, 0.25) is 0 Å². The smallest absolute Gasteiger partial charge is 0.279 e. The number of non-ortho nitro benzene ring substituents is 1. The molecule has 0 atom stereocenters. The van der Waals surface area contributed by atoms with Gasteiger partial charge in [0.05, 0.1) is 17.6 Å². The van der Waals surface area contributed by atoms with E-state index < -0.39 is 10.8 Å². The molecular formula is C9H11N3O4. The lowest BCUT2D eigenvalue weighted by Crippen LogP contribution is -2.26. The van der Waals surface area contributed by atoms with Crippen LogP contribution >= 0.6 is 0 Å². The van der Waals surface area contributed by atoms with E-state index in [0.717, 1.165) is 11.1 Å². The van der Waals surface area contributed by atoms with Crippen LogP contribution in [0, 0.1) is 10.1 Å². The second-order valence-electron chi connectivity index (χ2n) is 3.01. The van der Waals surface area contributed by atoms with Crippen molar-refractivity contribution in [1.82, 2.24) is 5.06 Å². The van der Waals surface area contributed by atoms with Gasteiger partial charge in [0, 0.05) is 24.9 Å². The van der Waals surface area contributed by atoms with E-state index in [9.17, 15) is 14.9 Å². The minimum atomic E-state index is -0.594. The number of amides is 1. The number of carbonyl (C=O) groups is 1. The summed E-state index contributed by atoms with van der Waals surface area (Å²) in [5, 5.41) is 11.5. The number of benzene rings is 1. The van der Waals surface area contributed by atoms with Gasteiger partial charge in [-0.15, -0.1) is 0 Å². The number of nitro groups is 1. The minimum Gasteiger partial charge on any atom is -0.398 e. The molecule has 0 fully saturated rings. The summed E-state index contributed by atoms with van der Waals surface area (Å²) in [5.41, 5.74) is 5.57. The first kappa shape index (κ1) is 11.9. The summed E-state index contributed by atoms with van der Waals surface area (Å²) in [7, 11) is 2.70. The van der Waals surface area contributed by atoms with Gasteiger partial charge in [-0.1, -0.05) is 0 Å². The zero-order valence-corrected chi connectivity index (χ0v) is 8.84. The quantitative estimate of drug-likeness (QED) is 0.466. The van der Waals surface area contributed by atoms with Crippen molar-refractivity contribution in [3.05, 3.63) is 33.9 Å². The van der Waals surface area contributed by atoms with Gasteiger partial charge in [-0.25, -0.2) is 5.06 Å². The van der Waals surface area contributed by atoms with Crippen LogP contribution in [0.25, 0.3) is 0 Å². The molecule has 0 aliphatic rings. The molecule has 16 heavy (non-hydrogen) atoms. The van der Waals surface area contributed by atoms with Crippen LogP contribution < -0.4 is 5.73 Å². The van der Waals surface area contributed by atoms with Gasteiger partial charge in [0.15, 0.2) is 0 Å². The molecule has 0 aliphatic heterocycles. The molecule has 1 rings (SSSR count). The molecule has 0 heterocycles. The predicted octanol–water partition coefficient (Wildman–Crippen LogP) is 0.810. The number of nitrogen functional groups attached to an aromatic ring is 1. The van der Waals surface area contributed by atoms with Crippen molar-refractivity contribution >= 4 is 17.3 Å². The van der Waals surface area contributed by atoms with Crippen LogP contribution in [0.4, 0.5) is 11.4 Å². The standard InChI is InChI=1S/C9H11N3O4/c1-11(16-2)9(13)7-5-6(12(14)15)3-4-8(7)10/h3-5H,10H2,1-2H3. The Morgan fingerprint density at radius 2 is 2.19 bits per heavy atom. The largest absolute Gasteiger partial charge is 0.398 e. The lowest BCUT2D eigenvalue weighted by atomic mass is 10.1. The fraction of sp³-hybridized carbons (Fsp3) is 0.222. The van der Waals surface area contributed by atoms with E-state index in [0.29, 0.717) is 0 Å². The molecule has 1 amide bonds. The second-order valence-corrected chi connectivity index (χ2v) is 3.01. The maximum absolute atomic E-state index is 11.7. The number of anilines is 1. The molecule has 0 aliphatic carbocycles. The lowest BCUT2D eigenvalue weighted by Gasteiger charge is -2.14. The van der Waals surface area contributed by atoms with Crippen LogP contribution in [0.15, 0.2) is 18.2 Å².